The number of thiophene rings is 1. The number of benzene rings is 1. The van der Waals surface area contributed by atoms with Gasteiger partial charge in [-0.15, -0.1) is 11.3 Å². The van der Waals surface area contributed by atoms with Crippen LogP contribution in [0.25, 0.3) is 11.1 Å². The van der Waals surface area contributed by atoms with Crippen LogP contribution in [0.15, 0.2) is 46.8 Å². The minimum Gasteiger partial charge on any atom is -0.494 e. The van der Waals surface area contributed by atoms with Gasteiger partial charge in [-0.05, 0) is 41.7 Å². The Morgan fingerprint density at radius 3 is 2.31 bits per heavy atom. The molecule has 0 spiro atoms. The third-order valence-electron chi connectivity index (χ3n) is 6.33. The van der Waals surface area contributed by atoms with Crippen molar-refractivity contribution in [3.05, 3.63) is 57.8 Å². The van der Waals surface area contributed by atoms with Gasteiger partial charge in [-0.25, -0.2) is 0 Å². The molecule has 2 aliphatic heterocycles. The summed E-state index contributed by atoms with van der Waals surface area (Å²) in [5.41, 5.74) is 16.6. The van der Waals surface area contributed by atoms with E-state index in [0.29, 0.717) is 29.7 Å². The van der Waals surface area contributed by atoms with Crippen LogP contribution in [0.1, 0.15) is 33.6 Å². The first-order valence-electron chi connectivity index (χ1n) is 11.4. The van der Waals surface area contributed by atoms with Crippen molar-refractivity contribution in [2.24, 2.45) is 16.5 Å². The first-order valence-corrected chi connectivity index (χ1v) is 12.3. The summed E-state index contributed by atoms with van der Waals surface area (Å²) >= 11 is 1.38. The first kappa shape index (κ1) is 24.3. The molecule has 10 heteroatoms. The standard InChI is InChI=1S/C25H31N7O2S/c1-29-25(28)32-13-9-18(10-14-32)20-15-35-22(21(20)34-2)23(33)30-19-5-3-16(4-6-19)17-7-11-31(12-8-17)24(26)27/h3-7,9,15H,8,10-14H2,1-2H3,(H3,26,27)(H2,28,29)(H,30,33). The number of anilines is 1. The topological polar surface area (TPSA) is 133 Å². The molecule has 0 bridgehead atoms. The molecule has 0 unspecified atom stereocenters. The highest BCUT2D eigenvalue weighted by Gasteiger charge is 2.23. The van der Waals surface area contributed by atoms with E-state index in [1.165, 1.54) is 16.9 Å². The Labute approximate surface area is 209 Å². The molecule has 184 valence electrons. The summed E-state index contributed by atoms with van der Waals surface area (Å²) in [5, 5.41) is 12.5. The molecule has 0 atom stereocenters. The molecule has 2 aromatic rings. The molecule has 3 heterocycles. The number of rotatable bonds is 5. The fourth-order valence-corrected chi connectivity index (χ4v) is 5.25. The summed E-state index contributed by atoms with van der Waals surface area (Å²) in [6, 6.07) is 7.83. The van der Waals surface area contributed by atoms with E-state index < -0.39 is 0 Å². The predicted molar refractivity (Wildman–Crippen MR) is 143 cm³/mol. The van der Waals surface area contributed by atoms with Crippen LogP contribution in [-0.4, -0.2) is 68.0 Å². The van der Waals surface area contributed by atoms with Gasteiger partial charge in [-0.3, -0.25) is 15.2 Å². The quantitative estimate of drug-likeness (QED) is 0.374. The lowest BCUT2D eigenvalue weighted by molar-refractivity contribution is 0.102. The number of guanidine groups is 2. The number of carbonyl (C=O) groups excluding carboxylic acids is 1. The van der Waals surface area contributed by atoms with E-state index in [4.69, 9.17) is 21.6 Å². The number of amides is 1. The van der Waals surface area contributed by atoms with E-state index in [1.807, 2.05) is 39.4 Å². The van der Waals surface area contributed by atoms with Gasteiger partial charge in [0.25, 0.3) is 5.91 Å². The summed E-state index contributed by atoms with van der Waals surface area (Å²) in [7, 11) is 3.28. The van der Waals surface area contributed by atoms with Crippen LogP contribution in [0.5, 0.6) is 5.75 Å². The minimum absolute atomic E-state index is 0.0999. The maximum absolute atomic E-state index is 13.1. The second-order valence-electron chi connectivity index (χ2n) is 8.36. The third kappa shape index (κ3) is 5.32. The maximum atomic E-state index is 13.1. The van der Waals surface area contributed by atoms with Gasteiger partial charge in [-0.1, -0.05) is 24.3 Å². The van der Waals surface area contributed by atoms with E-state index in [-0.39, 0.29) is 11.9 Å². The molecule has 6 N–H and O–H groups in total. The van der Waals surface area contributed by atoms with Crippen molar-refractivity contribution >= 4 is 46.0 Å². The summed E-state index contributed by atoms with van der Waals surface area (Å²) < 4.78 is 5.66. The fraction of sp³-hybridized carbons (Fsp3) is 0.320. The second-order valence-corrected chi connectivity index (χ2v) is 9.24. The van der Waals surface area contributed by atoms with Gasteiger partial charge >= 0.3 is 0 Å². The fourth-order valence-electron chi connectivity index (χ4n) is 4.30. The summed E-state index contributed by atoms with van der Waals surface area (Å²) in [6.45, 7) is 2.81. The first-order chi connectivity index (χ1) is 16.9. The van der Waals surface area contributed by atoms with Crippen molar-refractivity contribution in [2.75, 3.05) is 45.7 Å². The van der Waals surface area contributed by atoms with Crippen molar-refractivity contribution < 1.29 is 9.53 Å². The zero-order valence-corrected chi connectivity index (χ0v) is 20.8. The Kier molecular flexibility index (Phi) is 7.40. The Balaban J connectivity index is 1.44. The van der Waals surface area contributed by atoms with Crippen LogP contribution in [0, 0.1) is 5.41 Å². The number of hydrogen-bond acceptors (Lipinski definition) is 5. The summed E-state index contributed by atoms with van der Waals surface area (Å²) in [6.07, 6.45) is 5.83. The van der Waals surface area contributed by atoms with E-state index in [2.05, 4.69) is 22.5 Å². The number of ether oxygens (including phenoxy) is 1. The number of methoxy groups -OCH3 is 1. The molecule has 4 rings (SSSR count). The smallest absolute Gasteiger partial charge is 0.269 e. The molecule has 1 amide bonds. The lowest BCUT2D eigenvalue weighted by Gasteiger charge is -2.27. The Hall–Kier alpha value is -3.79. The molecule has 0 saturated heterocycles. The van der Waals surface area contributed by atoms with Crippen LogP contribution in [0.4, 0.5) is 5.69 Å². The van der Waals surface area contributed by atoms with Crippen LogP contribution in [-0.2, 0) is 0 Å². The highest BCUT2D eigenvalue weighted by molar-refractivity contribution is 7.12. The van der Waals surface area contributed by atoms with Crippen LogP contribution >= 0.6 is 11.3 Å². The van der Waals surface area contributed by atoms with Crippen molar-refractivity contribution in [1.82, 2.24) is 9.80 Å². The van der Waals surface area contributed by atoms with Crippen molar-refractivity contribution in [3.63, 3.8) is 0 Å². The SMILES string of the molecule is CN=C(N)N1CC=C(c2csc(C(=O)Nc3ccc(C4=CCN(C(=N)N)CC4)cc3)c2OC)CC1. The van der Waals surface area contributed by atoms with Gasteiger partial charge in [0.15, 0.2) is 11.9 Å². The van der Waals surface area contributed by atoms with Gasteiger partial charge in [0.1, 0.15) is 10.6 Å². The third-order valence-corrected chi connectivity index (χ3v) is 7.29. The van der Waals surface area contributed by atoms with Crippen LogP contribution in [0.2, 0.25) is 0 Å². The number of nitrogens with zero attached hydrogens (tertiary/aromatic N) is 3. The highest BCUT2D eigenvalue weighted by atomic mass is 32.1. The highest BCUT2D eigenvalue weighted by Crippen LogP contribution is 2.38. The molecule has 9 nitrogen and oxygen atoms in total. The second kappa shape index (κ2) is 10.6. The molecular weight excluding hydrogens is 462 g/mol. The largest absolute Gasteiger partial charge is 0.494 e. The van der Waals surface area contributed by atoms with E-state index in [9.17, 15) is 4.79 Å². The van der Waals surface area contributed by atoms with Crippen molar-refractivity contribution in [2.45, 2.75) is 12.8 Å². The van der Waals surface area contributed by atoms with E-state index >= 15 is 0 Å². The lowest BCUT2D eigenvalue weighted by atomic mass is 9.99. The summed E-state index contributed by atoms with van der Waals surface area (Å²) in [4.78, 5) is 21.5. The lowest BCUT2D eigenvalue weighted by Crippen LogP contribution is -2.39. The molecule has 0 saturated carbocycles. The van der Waals surface area contributed by atoms with Gasteiger partial charge in [0.05, 0.1) is 7.11 Å². The number of carbonyl (C=O) groups is 1. The monoisotopic (exact) mass is 493 g/mol. The number of nitrogens with two attached hydrogens (primary N) is 2. The van der Waals surface area contributed by atoms with E-state index in [1.54, 1.807) is 14.2 Å². The van der Waals surface area contributed by atoms with Gasteiger partial charge in [-0.2, -0.15) is 0 Å². The van der Waals surface area contributed by atoms with Gasteiger partial charge in [0, 0.05) is 49.9 Å². The zero-order valence-electron chi connectivity index (χ0n) is 20.0. The minimum atomic E-state index is -0.194. The molecule has 1 aromatic heterocycles. The summed E-state index contributed by atoms with van der Waals surface area (Å²) in [5.74, 6) is 1.04. The average Bonchev–Trinajstić information content (AvgIpc) is 3.33. The average molecular weight is 494 g/mol. The number of hydrogen-bond donors (Lipinski definition) is 4. The van der Waals surface area contributed by atoms with Gasteiger partial charge < -0.3 is 31.3 Å². The van der Waals surface area contributed by atoms with Crippen LogP contribution in [0.3, 0.4) is 0 Å². The van der Waals surface area contributed by atoms with Crippen LogP contribution < -0.4 is 21.5 Å². The predicted octanol–water partition coefficient (Wildman–Crippen LogP) is 3.03. The normalized spacial score (nSPS) is 16.5. The zero-order chi connectivity index (χ0) is 24.9. The molecule has 35 heavy (non-hydrogen) atoms. The van der Waals surface area contributed by atoms with E-state index in [0.717, 1.165) is 48.3 Å². The molecule has 0 aliphatic carbocycles. The van der Waals surface area contributed by atoms with Gasteiger partial charge in [0.2, 0.25) is 0 Å². The molecule has 0 fully saturated rings. The number of nitrogens with one attached hydrogen (secondary N) is 2. The Bertz CT molecular complexity index is 1200. The van der Waals surface area contributed by atoms with Crippen molar-refractivity contribution in [3.8, 4) is 5.75 Å². The molecule has 2 aliphatic rings. The molecule has 0 radical (unpaired) electrons. The maximum Gasteiger partial charge on any atom is 0.269 e. The molecular formula is C25H31N7O2S. The van der Waals surface area contributed by atoms with Crippen molar-refractivity contribution in [1.29, 1.82) is 5.41 Å². The number of aliphatic imine (C=N–C) groups is 1. The molecule has 1 aromatic carbocycles. The Morgan fingerprint density at radius 2 is 1.74 bits per heavy atom. The Morgan fingerprint density at radius 1 is 1.09 bits per heavy atom.